The molecule has 0 aromatic rings. The number of unbranched alkanes of at least 4 members (excludes halogenated alkanes) is 1. The van der Waals surface area contributed by atoms with Gasteiger partial charge >= 0.3 is 0 Å². The van der Waals surface area contributed by atoms with E-state index in [-0.39, 0.29) is 0 Å². The third kappa shape index (κ3) is 4640. The molecule has 0 amide bonds. The van der Waals surface area contributed by atoms with Crippen molar-refractivity contribution < 1.29 is 29.7 Å². The summed E-state index contributed by atoms with van der Waals surface area (Å²) in [5, 5.41) is 22.2. The fourth-order valence-electron chi connectivity index (χ4n) is 0. The van der Waals surface area contributed by atoms with Crippen molar-refractivity contribution in [2.75, 3.05) is 0 Å². The largest absolute Gasteiger partial charge is 0.481 e. The molecule has 0 aliphatic carbocycles. The molecule has 0 rings (SSSR count). The van der Waals surface area contributed by atoms with Crippen LogP contribution >= 0.6 is 0 Å². The van der Waals surface area contributed by atoms with Crippen molar-refractivity contribution in [2.45, 2.75) is 47.5 Å². The molecule has 0 aliphatic heterocycles. The lowest BCUT2D eigenvalue weighted by molar-refractivity contribution is -0.135. The Morgan fingerprint density at radius 2 is 0.750 bits per heavy atom. The highest BCUT2D eigenvalue weighted by atomic mass is 16.4. The minimum absolute atomic E-state index is 0.833. The van der Waals surface area contributed by atoms with Crippen molar-refractivity contribution in [3.63, 3.8) is 0 Å². The summed E-state index contributed by atoms with van der Waals surface area (Å²) in [5.74, 6) is -2.50. The van der Waals surface area contributed by atoms with Crippen molar-refractivity contribution in [2.24, 2.45) is 0 Å². The maximum absolute atomic E-state index is 9.00. The van der Waals surface area contributed by atoms with E-state index in [9.17, 15) is 0 Å². The van der Waals surface area contributed by atoms with Crippen LogP contribution in [0, 0.1) is 0 Å². The Balaban J connectivity index is -0.0000000600. The highest BCUT2D eigenvalue weighted by Gasteiger charge is 1.66. The quantitative estimate of drug-likeness (QED) is 0.644. The van der Waals surface area contributed by atoms with E-state index in [4.69, 9.17) is 29.7 Å². The first-order valence-electron chi connectivity index (χ1n) is 4.70. The molecule has 0 aromatic carbocycles. The number of carboxylic acid groups (broad SMARTS) is 3. The minimum Gasteiger partial charge on any atom is -0.481 e. The molecule has 0 radical (unpaired) electrons. The molecule has 6 heteroatoms. The van der Waals surface area contributed by atoms with Crippen molar-refractivity contribution in [3.05, 3.63) is 0 Å². The Morgan fingerprint density at radius 1 is 0.688 bits per heavy atom. The molecular weight excluding hydrogens is 216 g/mol. The van der Waals surface area contributed by atoms with Gasteiger partial charge in [0, 0.05) is 20.8 Å². The fourth-order valence-corrected chi connectivity index (χ4v) is 0. The summed E-state index contributed by atoms with van der Waals surface area (Å²) >= 11 is 0. The molecule has 98 valence electrons. The molecule has 0 fully saturated rings. The molecule has 0 bridgehead atoms. The molecule has 0 saturated heterocycles. The van der Waals surface area contributed by atoms with Crippen LogP contribution in [-0.4, -0.2) is 33.2 Å². The highest BCUT2D eigenvalue weighted by molar-refractivity contribution is 5.63. The predicted molar refractivity (Wildman–Crippen MR) is 60.5 cm³/mol. The molecule has 0 atom stereocenters. The van der Waals surface area contributed by atoms with Crippen molar-refractivity contribution in [1.82, 2.24) is 0 Å². The Bertz CT molecular complexity index is 134. The maximum Gasteiger partial charge on any atom is 0.300 e. The van der Waals surface area contributed by atoms with E-state index in [1.165, 1.54) is 12.8 Å². The van der Waals surface area contributed by atoms with E-state index in [1.807, 2.05) is 0 Å². The molecule has 0 heterocycles. The van der Waals surface area contributed by atoms with Crippen LogP contribution < -0.4 is 0 Å². The molecule has 0 spiro atoms. The molecular formula is C10H22O6. The van der Waals surface area contributed by atoms with Crippen LogP contribution in [0.15, 0.2) is 0 Å². The second kappa shape index (κ2) is 23.3. The van der Waals surface area contributed by atoms with Crippen LogP contribution in [0.25, 0.3) is 0 Å². The highest BCUT2D eigenvalue weighted by Crippen LogP contribution is 1.76. The molecule has 16 heavy (non-hydrogen) atoms. The lowest BCUT2D eigenvalue weighted by atomic mass is 10.4. The Labute approximate surface area is 95.9 Å². The smallest absolute Gasteiger partial charge is 0.300 e. The van der Waals surface area contributed by atoms with E-state index < -0.39 is 17.9 Å². The Hall–Kier alpha value is -1.59. The van der Waals surface area contributed by atoms with E-state index in [0.29, 0.717) is 0 Å². The van der Waals surface area contributed by atoms with E-state index in [2.05, 4.69) is 13.8 Å². The lowest BCUT2D eigenvalue weighted by Crippen LogP contribution is -1.78. The minimum atomic E-state index is -0.833. The SMILES string of the molecule is CC(=O)O.CC(=O)O.CC(=O)O.CCCC. The summed E-state index contributed by atoms with van der Waals surface area (Å²) in [6, 6.07) is 0. The number of aliphatic carboxylic acids is 3. The van der Waals surface area contributed by atoms with Crippen LogP contribution in [-0.2, 0) is 14.4 Å². The normalized spacial score (nSPS) is 6.56. The van der Waals surface area contributed by atoms with Gasteiger partial charge in [-0.05, 0) is 0 Å². The zero-order chi connectivity index (χ0) is 14.1. The molecule has 3 N–H and O–H groups in total. The average Bonchev–Trinajstić information content (AvgIpc) is 2.00. The van der Waals surface area contributed by atoms with Crippen LogP contribution in [0.5, 0.6) is 0 Å². The van der Waals surface area contributed by atoms with E-state index in [0.717, 1.165) is 20.8 Å². The zero-order valence-corrected chi connectivity index (χ0v) is 10.5. The summed E-state index contributed by atoms with van der Waals surface area (Å²) in [4.78, 5) is 27.0. The first kappa shape index (κ1) is 23.9. The van der Waals surface area contributed by atoms with Gasteiger partial charge in [-0.2, -0.15) is 0 Å². The monoisotopic (exact) mass is 238 g/mol. The second-order valence-corrected chi connectivity index (χ2v) is 2.56. The van der Waals surface area contributed by atoms with E-state index >= 15 is 0 Å². The van der Waals surface area contributed by atoms with Crippen LogP contribution in [0.1, 0.15) is 47.5 Å². The molecule has 0 saturated carbocycles. The Morgan fingerprint density at radius 3 is 0.750 bits per heavy atom. The van der Waals surface area contributed by atoms with Gasteiger partial charge < -0.3 is 15.3 Å². The molecule has 0 unspecified atom stereocenters. The third-order valence-corrected chi connectivity index (χ3v) is 0.500. The number of rotatable bonds is 1. The van der Waals surface area contributed by atoms with Crippen LogP contribution in [0.4, 0.5) is 0 Å². The summed E-state index contributed by atoms with van der Waals surface area (Å²) in [5.41, 5.74) is 0. The van der Waals surface area contributed by atoms with Gasteiger partial charge in [0.1, 0.15) is 0 Å². The first-order chi connectivity index (χ1) is 7.11. The predicted octanol–water partition coefficient (Wildman–Crippen LogP) is 2.08. The van der Waals surface area contributed by atoms with Crippen molar-refractivity contribution in [1.29, 1.82) is 0 Å². The van der Waals surface area contributed by atoms with Gasteiger partial charge in [-0.25, -0.2) is 0 Å². The van der Waals surface area contributed by atoms with Crippen LogP contribution in [0.2, 0.25) is 0 Å². The zero-order valence-electron chi connectivity index (χ0n) is 10.5. The summed E-state index contributed by atoms with van der Waals surface area (Å²) < 4.78 is 0. The number of hydrogen-bond donors (Lipinski definition) is 3. The molecule has 6 nitrogen and oxygen atoms in total. The maximum atomic E-state index is 9.00. The number of hydrogen-bond acceptors (Lipinski definition) is 3. The standard InChI is InChI=1S/C4H10.3C2H4O2/c1-3-4-2;3*1-2(3)4/h3-4H2,1-2H3;3*1H3,(H,3,4). The van der Waals surface area contributed by atoms with Gasteiger partial charge in [0.25, 0.3) is 17.9 Å². The van der Waals surface area contributed by atoms with Gasteiger partial charge in [-0.3, -0.25) is 14.4 Å². The fraction of sp³-hybridized carbons (Fsp3) is 0.700. The third-order valence-electron chi connectivity index (χ3n) is 0.500. The van der Waals surface area contributed by atoms with Gasteiger partial charge in [0.2, 0.25) is 0 Å². The van der Waals surface area contributed by atoms with Crippen molar-refractivity contribution >= 4 is 17.9 Å². The number of carboxylic acids is 3. The first-order valence-corrected chi connectivity index (χ1v) is 4.70. The van der Waals surface area contributed by atoms with Gasteiger partial charge in [-0.1, -0.05) is 26.7 Å². The molecule has 0 aromatic heterocycles. The second-order valence-electron chi connectivity index (χ2n) is 2.56. The van der Waals surface area contributed by atoms with Gasteiger partial charge in [0.15, 0.2) is 0 Å². The average molecular weight is 238 g/mol. The van der Waals surface area contributed by atoms with Crippen LogP contribution in [0.3, 0.4) is 0 Å². The lowest BCUT2D eigenvalue weighted by Gasteiger charge is -1.68. The summed E-state index contributed by atoms with van der Waals surface area (Å²) in [7, 11) is 0. The van der Waals surface area contributed by atoms with Crippen molar-refractivity contribution in [3.8, 4) is 0 Å². The molecule has 0 aliphatic rings. The van der Waals surface area contributed by atoms with Gasteiger partial charge in [-0.15, -0.1) is 0 Å². The van der Waals surface area contributed by atoms with Gasteiger partial charge in [0.05, 0.1) is 0 Å². The summed E-state index contributed by atoms with van der Waals surface area (Å²) in [6.45, 7) is 7.61. The van der Waals surface area contributed by atoms with E-state index in [1.54, 1.807) is 0 Å². The summed E-state index contributed by atoms with van der Waals surface area (Å²) in [6.07, 6.45) is 2.64. The Kier molecular flexibility index (Phi) is 34.9. The number of carbonyl (C=O) groups is 3. The topological polar surface area (TPSA) is 112 Å².